The third-order valence-corrected chi connectivity index (χ3v) is 4.51. The van der Waals surface area contributed by atoms with Crippen molar-refractivity contribution in [1.29, 1.82) is 0 Å². The van der Waals surface area contributed by atoms with Crippen LogP contribution in [0.2, 0.25) is 5.02 Å². The van der Waals surface area contributed by atoms with E-state index in [0.29, 0.717) is 11.7 Å². The van der Waals surface area contributed by atoms with Crippen LogP contribution in [0.4, 0.5) is 0 Å². The minimum absolute atomic E-state index is 0.191. The molecule has 0 bridgehead atoms. The lowest BCUT2D eigenvalue weighted by molar-refractivity contribution is 0.598. The zero-order valence-electron chi connectivity index (χ0n) is 12.3. The molecule has 1 aromatic carbocycles. The van der Waals surface area contributed by atoms with Gasteiger partial charge in [-0.1, -0.05) is 24.6 Å². The minimum Gasteiger partial charge on any atom is -0.310 e. The van der Waals surface area contributed by atoms with Gasteiger partial charge in [-0.3, -0.25) is 4.57 Å². The summed E-state index contributed by atoms with van der Waals surface area (Å²) in [5, 5.41) is 11.2. The van der Waals surface area contributed by atoms with Gasteiger partial charge in [0.2, 0.25) is 0 Å². The summed E-state index contributed by atoms with van der Waals surface area (Å²) < 4.78 is 1.59. The van der Waals surface area contributed by atoms with E-state index >= 15 is 0 Å². The van der Waals surface area contributed by atoms with Crippen LogP contribution < -0.4 is 11.0 Å². The number of H-pyrrole nitrogens is 1. The molecular formula is C14H19ClN4OS. The molecule has 1 atom stereocenters. The van der Waals surface area contributed by atoms with Crippen LogP contribution in [0.5, 0.6) is 0 Å². The lowest BCUT2D eigenvalue weighted by Gasteiger charge is -2.15. The number of nitrogens with one attached hydrogen (secondary N) is 2. The van der Waals surface area contributed by atoms with Crippen molar-refractivity contribution >= 4 is 23.4 Å². The molecule has 1 aromatic heterocycles. The molecule has 0 fully saturated rings. The quantitative estimate of drug-likeness (QED) is 0.856. The number of benzene rings is 1. The highest BCUT2D eigenvalue weighted by Gasteiger charge is 2.12. The minimum atomic E-state index is -0.191. The van der Waals surface area contributed by atoms with E-state index in [0.717, 1.165) is 22.0 Å². The maximum absolute atomic E-state index is 11.5. The molecule has 2 aromatic rings. The van der Waals surface area contributed by atoms with E-state index in [1.807, 2.05) is 25.1 Å². The number of aromatic nitrogens is 3. The lowest BCUT2D eigenvalue weighted by atomic mass is 10.1. The standard InChI is InChI=1S/C14H19ClN4OS/c1-4-16-9(3)11-7-6-10(8-12(11)15)21-14-18-17-13(20)19(14)5-2/h6-9,16H,4-5H2,1-3H3,(H,17,20). The fourth-order valence-corrected chi connectivity index (χ4v) is 3.45. The molecule has 0 aliphatic rings. The monoisotopic (exact) mass is 326 g/mol. The maximum Gasteiger partial charge on any atom is 0.343 e. The predicted molar refractivity (Wildman–Crippen MR) is 86.2 cm³/mol. The number of hydrogen-bond donors (Lipinski definition) is 2. The summed E-state index contributed by atoms with van der Waals surface area (Å²) in [7, 11) is 0. The molecule has 0 spiro atoms. The molecule has 0 saturated heterocycles. The molecule has 21 heavy (non-hydrogen) atoms. The van der Waals surface area contributed by atoms with Gasteiger partial charge in [0, 0.05) is 22.5 Å². The molecular weight excluding hydrogens is 308 g/mol. The molecule has 114 valence electrons. The normalized spacial score (nSPS) is 12.6. The van der Waals surface area contributed by atoms with E-state index in [2.05, 4.69) is 29.4 Å². The number of aromatic amines is 1. The number of halogens is 1. The van der Waals surface area contributed by atoms with Gasteiger partial charge in [0.25, 0.3) is 0 Å². The molecule has 2 rings (SSSR count). The second kappa shape index (κ2) is 7.15. The van der Waals surface area contributed by atoms with Gasteiger partial charge in [0.1, 0.15) is 0 Å². The van der Waals surface area contributed by atoms with Crippen LogP contribution >= 0.6 is 23.4 Å². The predicted octanol–water partition coefficient (Wildman–Crippen LogP) is 3.07. The summed E-state index contributed by atoms with van der Waals surface area (Å²) in [5.74, 6) is 0. The number of hydrogen-bond acceptors (Lipinski definition) is 4. The van der Waals surface area contributed by atoms with Crippen LogP contribution in [0.25, 0.3) is 0 Å². The van der Waals surface area contributed by atoms with Gasteiger partial charge in [-0.25, -0.2) is 9.89 Å². The zero-order valence-corrected chi connectivity index (χ0v) is 13.9. The molecule has 5 nitrogen and oxygen atoms in total. The fourth-order valence-electron chi connectivity index (χ4n) is 2.10. The Kier molecular flexibility index (Phi) is 5.50. The highest BCUT2D eigenvalue weighted by molar-refractivity contribution is 7.99. The number of rotatable bonds is 6. The summed E-state index contributed by atoms with van der Waals surface area (Å²) in [6.45, 7) is 7.54. The van der Waals surface area contributed by atoms with Crippen molar-refractivity contribution < 1.29 is 0 Å². The van der Waals surface area contributed by atoms with E-state index in [9.17, 15) is 4.79 Å². The highest BCUT2D eigenvalue weighted by atomic mass is 35.5. The van der Waals surface area contributed by atoms with Crippen LogP contribution in [-0.2, 0) is 6.54 Å². The Morgan fingerprint density at radius 2 is 2.24 bits per heavy atom. The third-order valence-electron chi connectivity index (χ3n) is 3.20. The van der Waals surface area contributed by atoms with Gasteiger partial charge in [0.15, 0.2) is 5.16 Å². The van der Waals surface area contributed by atoms with Gasteiger partial charge in [-0.05, 0) is 49.9 Å². The Hall–Kier alpha value is -1.24. The molecule has 1 heterocycles. The largest absolute Gasteiger partial charge is 0.343 e. The summed E-state index contributed by atoms with van der Waals surface area (Å²) in [6, 6.07) is 6.13. The molecule has 0 aliphatic carbocycles. The first-order valence-electron chi connectivity index (χ1n) is 6.92. The average Bonchev–Trinajstić information content (AvgIpc) is 2.79. The van der Waals surface area contributed by atoms with Crippen LogP contribution in [-0.4, -0.2) is 21.3 Å². The summed E-state index contributed by atoms with van der Waals surface area (Å²) in [6.07, 6.45) is 0. The van der Waals surface area contributed by atoms with Gasteiger partial charge < -0.3 is 5.32 Å². The van der Waals surface area contributed by atoms with E-state index in [1.54, 1.807) is 4.57 Å². The molecule has 0 aliphatic heterocycles. The first-order valence-corrected chi connectivity index (χ1v) is 8.12. The molecule has 0 radical (unpaired) electrons. The van der Waals surface area contributed by atoms with Crippen molar-refractivity contribution in [3.8, 4) is 0 Å². The molecule has 0 amide bonds. The summed E-state index contributed by atoms with van der Waals surface area (Å²) in [5.41, 5.74) is 0.876. The first kappa shape index (κ1) is 16.1. The second-order valence-electron chi connectivity index (χ2n) is 4.62. The summed E-state index contributed by atoms with van der Waals surface area (Å²) >= 11 is 7.78. The van der Waals surface area contributed by atoms with E-state index in [-0.39, 0.29) is 11.7 Å². The topological polar surface area (TPSA) is 62.7 Å². The molecule has 0 saturated carbocycles. The van der Waals surface area contributed by atoms with Crippen molar-refractivity contribution in [3.63, 3.8) is 0 Å². The summed E-state index contributed by atoms with van der Waals surface area (Å²) in [4.78, 5) is 12.5. The second-order valence-corrected chi connectivity index (χ2v) is 6.07. The SMILES string of the molecule is CCNC(C)c1ccc(Sc2n[nH]c(=O)n2CC)cc1Cl. The van der Waals surface area contributed by atoms with Gasteiger partial charge in [0.05, 0.1) is 0 Å². The van der Waals surface area contributed by atoms with Crippen molar-refractivity contribution in [2.24, 2.45) is 0 Å². The van der Waals surface area contributed by atoms with E-state index in [4.69, 9.17) is 11.6 Å². The van der Waals surface area contributed by atoms with Gasteiger partial charge in [-0.15, -0.1) is 5.10 Å². The van der Waals surface area contributed by atoms with Gasteiger partial charge >= 0.3 is 5.69 Å². The molecule has 1 unspecified atom stereocenters. The molecule has 2 N–H and O–H groups in total. The fraction of sp³-hybridized carbons (Fsp3) is 0.429. The van der Waals surface area contributed by atoms with Crippen molar-refractivity contribution in [1.82, 2.24) is 20.1 Å². The van der Waals surface area contributed by atoms with Crippen LogP contribution in [0, 0.1) is 0 Å². The van der Waals surface area contributed by atoms with Gasteiger partial charge in [-0.2, -0.15) is 0 Å². The molecule has 7 heteroatoms. The van der Waals surface area contributed by atoms with E-state index < -0.39 is 0 Å². The lowest BCUT2D eigenvalue weighted by Crippen LogP contribution is -2.18. The first-order chi connectivity index (χ1) is 10.1. The Labute approximate surface area is 133 Å². The third kappa shape index (κ3) is 3.70. The maximum atomic E-state index is 11.5. The average molecular weight is 327 g/mol. The Bertz CT molecular complexity index is 667. The van der Waals surface area contributed by atoms with Crippen molar-refractivity contribution in [3.05, 3.63) is 39.3 Å². The van der Waals surface area contributed by atoms with Crippen LogP contribution in [0.1, 0.15) is 32.4 Å². The van der Waals surface area contributed by atoms with Crippen LogP contribution in [0.15, 0.2) is 33.0 Å². The van der Waals surface area contributed by atoms with E-state index in [1.165, 1.54) is 11.8 Å². The smallest absolute Gasteiger partial charge is 0.310 e. The van der Waals surface area contributed by atoms with Crippen LogP contribution in [0.3, 0.4) is 0 Å². The highest BCUT2D eigenvalue weighted by Crippen LogP contribution is 2.31. The Balaban J connectivity index is 2.22. The zero-order chi connectivity index (χ0) is 15.4. The van der Waals surface area contributed by atoms with Crippen molar-refractivity contribution in [2.45, 2.75) is 43.4 Å². The van der Waals surface area contributed by atoms with Crippen molar-refractivity contribution in [2.75, 3.05) is 6.54 Å². The Morgan fingerprint density at radius 3 is 2.86 bits per heavy atom. The Morgan fingerprint density at radius 1 is 1.48 bits per heavy atom. The number of nitrogens with zero attached hydrogens (tertiary/aromatic N) is 2.